The van der Waals surface area contributed by atoms with Crippen LogP contribution in [0.2, 0.25) is 0 Å². The minimum atomic E-state index is -0.453. The third kappa shape index (κ3) is 6.02. The summed E-state index contributed by atoms with van der Waals surface area (Å²) in [5.41, 5.74) is 5.21. The smallest absolute Gasteiger partial charge is 0.356 e. The van der Waals surface area contributed by atoms with E-state index in [4.69, 9.17) is 9.84 Å². The molecule has 1 heterocycles. The van der Waals surface area contributed by atoms with Crippen molar-refractivity contribution in [3.8, 4) is 23.0 Å². The second-order valence-electron chi connectivity index (χ2n) is 6.70. The molecule has 0 fully saturated rings. The van der Waals surface area contributed by atoms with E-state index < -0.39 is 5.97 Å². The van der Waals surface area contributed by atoms with Crippen molar-refractivity contribution < 1.29 is 14.6 Å². The Labute approximate surface area is 176 Å². The maximum absolute atomic E-state index is 11.7. The molecule has 0 bridgehead atoms. The molecule has 0 aliphatic carbocycles. The molecule has 0 aliphatic rings. The Balaban J connectivity index is 1.64. The largest absolute Gasteiger partial charge is 0.464 e. The molecule has 0 spiro atoms. The average Bonchev–Trinajstić information content (AvgIpc) is 2.81. The number of aliphatic hydroxyl groups excluding tert-OH is 1. The zero-order valence-electron chi connectivity index (χ0n) is 16.9. The van der Waals surface area contributed by atoms with E-state index in [1.807, 2.05) is 42.5 Å². The number of nitrogens with zero attached hydrogens (tertiary/aromatic N) is 1. The molecule has 30 heavy (non-hydrogen) atoms. The highest BCUT2D eigenvalue weighted by molar-refractivity contribution is 5.88. The Morgan fingerprint density at radius 3 is 2.30 bits per heavy atom. The van der Waals surface area contributed by atoms with Crippen molar-refractivity contribution >= 4 is 5.97 Å². The van der Waals surface area contributed by atoms with E-state index in [2.05, 4.69) is 34.3 Å². The first kappa shape index (κ1) is 21.3. The lowest BCUT2D eigenvalue weighted by molar-refractivity contribution is 0.0594. The summed E-state index contributed by atoms with van der Waals surface area (Å²) in [6, 6.07) is 19.6. The molecule has 3 rings (SSSR count). The van der Waals surface area contributed by atoms with E-state index in [0.717, 1.165) is 41.8 Å². The first-order chi connectivity index (χ1) is 14.7. The van der Waals surface area contributed by atoms with Crippen LogP contribution in [-0.2, 0) is 11.3 Å². The summed E-state index contributed by atoms with van der Waals surface area (Å²) >= 11 is 0. The van der Waals surface area contributed by atoms with Gasteiger partial charge in [0, 0.05) is 30.5 Å². The summed E-state index contributed by atoms with van der Waals surface area (Å²) in [6.45, 7) is 1.79. The first-order valence-electron chi connectivity index (χ1n) is 9.77. The number of esters is 1. The number of methoxy groups -OCH3 is 1. The number of nitrogens with one attached hydrogen (secondary N) is 1. The van der Waals surface area contributed by atoms with E-state index in [9.17, 15) is 4.79 Å². The van der Waals surface area contributed by atoms with Gasteiger partial charge in [-0.3, -0.25) is 0 Å². The maximum Gasteiger partial charge on any atom is 0.356 e. The number of benzene rings is 2. The van der Waals surface area contributed by atoms with E-state index in [-0.39, 0.29) is 12.3 Å². The Morgan fingerprint density at radius 1 is 1.00 bits per heavy atom. The highest BCUT2D eigenvalue weighted by Crippen LogP contribution is 2.20. The molecule has 152 valence electrons. The zero-order chi connectivity index (χ0) is 21.2. The minimum absolute atomic E-state index is 0.208. The molecule has 0 radical (unpaired) electrons. The van der Waals surface area contributed by atoms with Gasteiger partial charge in [0.15, 0.2) is 0 Å². The fourth-order valence-electron chi connectivity index (χ4n) is 2.86. The highest BCUT2D eigenvalue weighted by Gasteiger charge is 2.08. The van der Waals surface area contributed by atoms with Crippen LogP contribution in [0.4, 0.5) is 0 Å². The summed E-state index contributed by atoms with van der Waals surface area (Å²) in [7, 11) is 1.34. The second-order valence-corrected chi connectivity index (χ2v) is 6.70. The first-order valence-corrected chi connectivity index (χ1v) is 9.77. The Kier molecular flexibility index (Phi) is 7.73. The quantitative estimate of drug-likeness (QED) is 0.361. The number of rotatable bonds is 7. The van der Waals surface area contributed by atoms with Gasteiger partial charge in [-0.25, -0.2) is 9.78 Å². The number of carbonyl (C=O) groups excluding carboxylic acids is 1. The standard InChI is InChI=1S/C25H24N2O3/c1-30-25(29)24-17-23(13-15-27-24)22-11-9-20(10-12-22)4-3-19-5-7-21(8-6-19)18-26-14-2-16-28/h5-13,15,17,26,28H,2,14,16,18H2,1H3. The van der Waals surface area contributed by atoms with Gasteiger partial charge in [-0.05, 0) is 66.1 Å². The van der Waals surface area contributed by atoms with Gasteiger partial charge in [0.25, 0.3) is 0 Å². The SMILES string of the molecule is COC(=O)c1cc(-c2ccc(C#Cc3ccc(CNCCCO)cc3)cc2)ccn1. The molecule has 5 nitrogen and oxygen atoms in total. The van der Waals surface area contributed by atoms with Crippen LogP contribution >= 0.6 is 0 Å². The summed E-state index contributed by atoms with van der Waals surface area (Å²) in [4.78, 5) is 15.7. The van der Waals surface area contributed by atoms with Gasteiger partial charge in [0.05, 0.1) is 7.11 Å². The van der Waals surface area contributed by atoms with Crippen LogP contribution in [0.5, 0.6) is 0 Å². The number of carbonyl (C=O) groups is 1. The lowest BCUT2D eigenvalue weighted by Crippen LogP contribution is -2.15. The Hall–Kier alpha value is -3.46. The second kappa shape index (κ2) is 10.9. The monoisotopic (exact) mass is 400 g/mol. The van der Waals surface area contributed by atoms with Crippen LogP contribution < -0.4 is 5.32 Å². The van der Waals surface area contributed by atoms with E-state index in [0.29, 0.717) is 0 Å². The van der Waals surface area contributed by atoms with Gasteiger partial charge in [-0.15, -0.1) is 0 Å². The van der Waals surface area contributed by atoms with Crippen LogP contribution in [0.1, 0.15) is 33.6 Å². The molecule has 0 saturated heterocycles. The van der Waals surface area contributed by atoms with Crippen LogP contribution in [0.3, 0.4) is 0 Å². The number of ether oxygens (including phenoxy) is 1. The van der Waals surface area contributed by atoms with Crippen molar-refractivity contribution in [1.29, 1.82) is 0 Å². The molecule has 0 amide bonds. The highest BCUT2D eigenvalue weighted by atomic mass is 16.5. The van der Waals surface area contributed by atoms with Gasteiger partial charge < -0.3 is 15.2 Å². The number of pyridine rings is 1. The fourth-order valence-corrected chi connectivity index (χ4v) is 2.86. The van der Waals surface area contributed by atoms with Crippen molar-refractivity contribution in [2.75, 3.05) is 20.3 Å². The number of hydrogen-bond acceptors (Lipinski definition) is 5. The van der Waals surface area contributed by atoms with Crippen molar-refractivity contribution in [3.63, 3.8) is 0 Å². The predicted molar refractivity (Wildman–Crippen MR) is 117 cm³/mol. The molecule has 0 aliphatic heterocycles. The zero-order valence-corrected chi connectivity index (χ0v) is 16.9. The number of aromatic nitrogens is 1. The van der Waals surface area contributed by atoms with Crippen molar-refractivity contribution in [2.24, 2.45) is 0 Å². The lowest BCUT2D eigenvalue weighted by atomic mass is 10.0. The molecule has 0 atom stereocenters. The molecule has 1 aromatic heterocycles. The molecule has 0 saturated carbocycles. The van der Waals surface area contributed by atoms with E-state index >= 15 is 0 Å². The lowest BCUT2D eigenvalue weighted by Gasteiger charge is -2.04. The number of aliphatic hydroxyl groups is 1. The summed E-state index contributed by atoms with van der Waals surface area (Å²) in [5, 5.41) is 12.1. The molecule has 5 heteroatoms. The topological polar surface area (TPSA) is 71.5 Å². The molecule has 0 unspecified atom stereocenters. The molecule has 2 N–H and O–H groups in total. The summed E-state index contributed by atoms with van der Waals surface area (Å²) in [6.07, 6.45) is 2.36. The van der Waals surface area contributed by atoms with Gasteiger partial charge in [-0.1, -0.05) is 36.1 Å². The van der Waals surface area contributed by atoms with Gasteiger partial charge in [0.2, 0.25) is 0 Å². The normalized spacial score (nSPS) is 10.2. The molecular formula is C25H24N2O3. The van der Waals surface area contributed by atoms with Crippen LogP contribution in [0.25, 0.3) is 11.1 Å². The third-order valence-corrected chi connectivity index (χ3v) is 4.52. The van der Waals surface area contributed by atoms with Gasteiger partial charge >= 0.3 is 5.97 Å². The predicted octanol–water partition coefficient (Wildman–Crippen LogP) is 3.41. The Bertz CT molecular complexity index is 1030. The maximum atomic E-state index is 11.7. The van der Waals surface area contributed by atoms with Crippen molar-refractivity contribution in [1.82, 2.24) is 10.3 Å². The van der Waals surface area contributed by atoms with E-state index in [1.165, 1.54) is 12.7 Å². The van der Waals surface area contributed by atoms with E-state index in [1.54, 1.807) is 12.3 Å². The van der Waals surface area contributed by atoms with Crippen molar-refractivity contribution in [3.05, 3.63) is 89.2 Å². The third-order valence-electron chi connectivity index (χ3n) is 4.52. The molecule has 3 aromatic rings. The van der Waals surface area contributed by atoms with Crippen LogP contribution in [0.15, 0.2) is 66.9 Å². The average molecular weight is 400 g/mol. The van der Waals surface area contributed by atoms with Crippen LogP contribution in [0, 0.1) is 11.8 Å². The van der Waals surface area contributed by atoms with Crippen LogP contribution in [-0.4, -0.2) is 36.3 Å². The minimum Gasteiger partial charge on any atom is -0.464 e. The van der Waals surface area contributed by atoms with Gasteiger partial charge in [0.1, 0.15) is 5.69 Å². The molecule has 2 aromatic carbocycles. The Morgan fingerprint density at radius 2 is 1.67 bits per heavy atom. The fraction of sp³-hybridized carbons (Fsp3) is 0.200. The summed E-state index contributed by atoms with van der Waals surface area (Å²) in [5.74, 6) is 5.91. The number of hydrogen-bond donors (Lipinski definition) is 2. The van der Waals surface area contributed by atoms with Crippen molar-refractivity contribution in [2.45, 2.75) is 13.0 Å². The summed E-state index contributed by atoms with van der Waals surface area (Å²) < 4.78 is 4.72. The molecular weight excluding hydrogens is 376 g/mol. The van der Waals surface area contributed by atoms with Gasteiger partial charge in [-0.2, -0.15) is 0 Å².